The van der Waals surface area contributed by atoms with Crippen LogP contribution in [0.15, 0.2) is 24.3 Å². The maximum atomic E-state index is 13.4. The predicted octanol–water partition coefficient (Wildman–Crippen LogP) is 3.49. The second-order valence-electron chi connectivity index (χ2n) is 4.58. The average Bonchev–Trinajstić information content (AvgIpc) is 2.53. The summed E-state index contributed by atoms with van der Waals surface area (Å²) in [5.74, 6) is -13.0. The van der Waals surface area contributed by atoms with Gasteiger partial charge < -0.3 is 5.32 Å². The lowest BCUT2D eigenvalue weighted by molar-refractivity contribution is 0.0942. The van der Waals surface area contributed by atoms with Crippen LogP contribution in [0.5, 0.6) is 0 Å². The zero-order valence-electron chi connectivity index (χ0n) is 11.4. The quantitative estimate of drug-likeness (QED) is 0.518. The highest BCUT2D eigenvalue weighted by molar-refractivity contribution is 5.94. The number of hydrogen-bond acceptors (Lipinski definition) is 1. The van der Waals surface area contributed by atoms with Gasteiger partial charge in [0.15, 0.2) is 23.3 Å². The van der Waals surface area contributed by atoms with Gasteiger partial charge in [-0.05, 0) is 24.1 Å². The third kappa shape index (κ3) is 3.46. The van der Waals surface area contributed by atoms with Crippen LogP contribution in [-0.2, 0) is 6.42 Å². The standard InChI is InChI=1S/C15H9F6NO/c16-8-3-1-7(2-4-8)5-6-22-15(23)9-10(17)12(19)14(21)13(20)11(9)18/h1-4H,5-6H2,(H,22,23). The third-order valence-electron chi connectivity index (χ3n) is 3.05. The van der Waals surface area contributed by atoms with Gasteiger partial charge >= 0.3 is 0 Å². The molecule has 0 aliphatic rings. The molecule has 122 valence electrons. The average molecular weight is 333 g/mol. The third-order valence-corrected chi connectivity index (χ3v) is 3.05. The van der Waals surface area contributed by atoms with E-state index in [0.29, 0.717) is 5.56 Å². The Morgan fingerprint density at radius 1 is 0.783 bits per heavy atom. The lowest BCUT2D eigenvalue weighted by atomic mass is 10.1. The zero-order valence-corrected chi connectivity index (χ0v) is 11.4. The number of hydrogen-bond donors (Lipinski definition) is 1. The van der Waals surface area contributed by atoms with Crippen molar-refractivity contribution in [2.45, 2.75) is 6.42 Å². The van der Waals surface area contributed by atoms with E-state index in [1.165, 1.54) is 24.3 Å². The summed E-state index contributed by atoms with van der Waals surface area (Å²) in [5, 5.41) is 2.05. The highest BCUT2D eigenvalue weighted by Crippen LogP contribution is 2.22. The minimum Gasteiger partial charge on any atom is -0.352 e. The number of benzene rings is 2. The van der Waals surface area contributed by atoms with Crippen molar-refractivity contribution in [2.24, 2.45) is 0 Å². The van der Waals surface area contributed by atoms with Gasteiger partial charge in [-0.2, -0.15) is 0 Å². The lowest BCUT2D eigenvalue weighted by Gasteiger charge is -2.09. The van der Waals surface area contributed by atoms with E-state index in [1.54, 1.807) is 0 Å². The van der Waals surface area contributed by atoms with Gasteiger partial charge in [0.25, 0.3) is 5.91 Å². The molecule has 2 rings (SSSR count). The number of carbonyl (C=O) groups is 1. The van der Waals surface area contributed by atoms with E-state index in [9.17, 15) is 31.1 Å². The van der Waals surface area contributed by atoms with Crippen LogP contribution in [0.25, 0.3) is 0 Å². The first-order chi connectivity index (χ1) is 10.8. The van der Waals surface area contributed by atoms with Crippen molar-refractivity contribution in [2.75, 3.05) is 6.54 Å². The van der Waals surface area contributed by atoms with E-state index < -0.39 is 46.4 Å². The van der Waals surface area contributed by atoms with E-state index in [1.807, 2.05) is 5.32 Å². The van der Waals surface area contributed by atoms with Crippen molar-refractivity contribution in [3.63, 3.8) is 0 Å². The summed E-state index contributed by atoms with van der Waals surface area (Å²) in [4.78, 5) is 11.6. The van der Waals surface area contributed by atoms with E-state index in [0.717, 1.165) is 0 Å². The molecule has 0 unspecified atom stereocenters. The van der Waals surface area contributed by atoms with Crippen molar-refractivity contribution < 1.29 is 31.1 Å². The molecule has 0 atom stereocenters. The normalized spacial score (nSPS) is 10.7. The first-order valence-electron chi connectivity index (χ1n) is 6.37. The van der Waals surface area contributed by atoms with Gasteiger partial charge in [-0.25, -0.2) is 26.3 Å². The Kier molecular flexibility index (Phi) is 4.92. The molecule has 0 aliphatic heterocycles. The Labute approximate surface area is 126 Å². The highest BCUT2D eigenvalue weighted by atomic mass is 19.2. The van der Waals surface area contributed by atoms with Gasteiger partial charge in [0, 0.05) is 6.54 Å². The summed E-state index contributed by atoms with van der Waals surface area (Å²) in [6, 6.07) is 5.22. The molecule has 1 amide bonds. The van der Waals surface area contributed by atoms with Crippen LogP contribution in [0.1, 0.15) is 15.9 Å². The molecule has 23 heavy (non-hydrogen) atoms. The largest absolute Gasteiger partial charge is 0.352 e. The molecule has 0 radical (unpaired) electrons. The lowest BCUT2D eigenvalue weighted by Crippen LogP contribution is -2.28. The fourth-order valence-electron chi connectivity index (χ4n) is 1.86. The SMILES string of the molecule is O=C(NCCc1ccc(F)cc1)c1c(F)c(F)c(F)c(F)c1F. The van der Waals surface area contributed by atoms with Crippen LogP contribution < -0.4 is 5.32 Å². The Bertz CT molecular complexity index is 716. The summed E-state index contributed by atoms with van der Waals surface area (Å²) in [6.45, 7) is -0.135. The maximum Gasteiger partial charge on any atom is 0.257 e. The summed E-state index contributed by atoms with van der Waals surface area (Å²) < 4.78 is 78.4. The van der Waals surface area contributed by atoms with Crippen molar-refractivity contribution in [1.29, 1.82) is 0 Å². The molecular weight excluding hydrogens is 324 g/mol. The Balaban J connectivity index is 2.11. The van der Waals surface area contributed by atoms with Crippen molar-refractivity contribution in [1.82, 2.24) is 5.32 Å². The van der Waals surface area contributed by atoms with Gasteiger partial charge in [-0.3, -0.25) is 4.79 Å². The van der Waals surface area contributed by atoms with Crippen LogP contribution in [0.3, 0.4) is 0 Å². The van der Waals surface area contributed by atoms with E-state index in [2.05, 4.69) is 0 Å². The van der Waals surface area contributed by atoms with E-state index in [4.69, 9.17) is 0 Å². The highest BCUT2D eigenvalue weighted by Gasteiger charge is 2.29. The first kappa shape index (κ1) is 16.9. The summed E-state index contributed by atoms with van der Waals surface area (Å²) in [6.07, 6.45) is 0.182. The smallest absolute Gasteiger partial charge is 0.257 e. The fourth-order valence-corrected chi connectivity index (χ4v) is 1.86. The Morgan fingerprint density at radius 2 is 1.26 bits per heavy atom. The van der Waals surface area contributed by atoms with Gasteiger partial charge in [-0.1, -0.05) is 12.1 Å². The molecule has 1 N–H and O–H groups in total. The molecule has 0 aliphatic carbocycles. The van der Waals surface area contributed by atoms with Crippen LogP contribution in [0.4, 0.5) is 26.3 Å². The summed E-state index contributed by atoms with van der Waals surface area (Å²) in [5.41, 5.74) is -0.926. The molecule has 8 heteroatoms. The number of carbonyl (C=O) groups excluding carboxylic acids is 1. The Hall–Kier alpha value is -2.51. The molecule has 0 aromatic heterocycles. The molecule has 0 saturated carbocycles. The molecule has 0 heterocycles. The topological polar surface area (TPSA) is 29.1 Å². The minimum absolute atomic E-state index is 0.135. The number of nitrogens with one attached hydrogen (secondary N) is 1. The van der Waals surface area contributed by atoms with Gasteiger partial charge in [0.05, 0.1) is 0 Å². The molecule has 0 fully saturated rings. The van der Waals surface area contributed by atoms with Crippen LogP contribution in [0.2, 0.25) is 0 Å². The molecule has 0 spiro atoms. The van der Waals surface area contributed by atoms with Crippen LogP contribution in [-0.4, -0.2) is 12.5 Å². The molecular formula is C15H9F6NO. The van der Waals surface area contributed by atoms with Crippen LogP contribution in [0, 0.1) is 34.9 Å². The van der Waals surface area contributed by atoms with Gasteiger partial charge in [0.2, 0.25) is 5.82 Å². The minimum atomic E-state index is -2.33. The van der Waals surface area contributed by atoms with Crippen molar-refractivity contribution >= 4 is 5.91 Å². The maximum absolute atomic E-state index is 13.4. The molecule has 2 aromatic rings. The van der Waals surface area contributed by atoms with Crippen molar-refractivity contribution in [3.8, 4) is 0 Å². The predicted molar refractivity (Wildman–Crippen MR) is 68.7 cm³/mol. The summed E-state index contributed by atoms with van der Waals surface area (Å²) >= 11 is 0. The second-order valence-corrected chi connectivity index (χ2v) is 4.58. The monoisotopic (exact) mass is 333 g/mol. The van der Waals surface area contributed by atoms with Gasteiger partial charge in [-0.15, -0.1) is 0 Å². The van der Waals surface area contributed by atoms with E-state index in [-0.39, 0.29) is 13.0 Å². The molecule has 2 aromatic carbocycles. The van der Waals surface area contributed by atoms with Gasteiger partial charge in [0.1, 0.15) is 11.4 Å². The number of rotatable bonds is 4. The zero-order chi connectivity index (χ0) is 17.1. The van der Waals surface area contributed by atoms with Crippen LogP contribution >= 0.6 is 0 Å². The molecule has 2 nitrogen and oxygen atoms in total. The Morgan fingerprint density at radius 3 is 1.78 bits per heavy atom. The molecule has 0 saturated heterocycles. The van der Waals surface area contributed by atoms with E-state index >= 15 is 0 Å². The first-order valence-corrected chi connectivity index (χ1v) is 6.37. The van der Waals surface area contributed by atoms with Crippen molar-refractivity contribution in [3.05, 3.63) is 70.3 Å². The fraction of sp³-hybridized carbons (Fsp3) is 0.133. The summed E-state index contributed by atoms with van der Waals surface area (Å²) in [7, 11) is 0. The number of amides is 1. The number of halogens is 6. The molecule has 0 bridgehead atoms. The second kappa shape index (κ2) is 6.72.